The maximum Gasteiger partial charge on any atom is 0.509 e. The summed E-state index contributed by atoms with van der Waals surface area (Å²) in [6.45, 7) is 0.580. The maximum absolute atomic E-state index is 15.1. The lowest BCUT2D eigenvalue weighted by Crippen LogP contribution is -2.43. The summed E-state index contributed by atoms with van der Waals surface area (Å²) in [5.41, 5.74) is -1.58. The quantitative estimate of drug-likeness (QED) is 0.725. The van der Waals surface area contributed by atoms with Gasteiger partial charge in [-0.3, -0.25) is 14.3 Å². The van der Waals surface area contributed by atoms with Crippen molar-refractivity contribution in [1.82, 2.24) is 9.55 Å². The number of ether oxygens (including phenoxy) is 5. The van der Waals surface area contributed by atoms with Crippen LogP contribution in [0.1, 0.15) is 13.2 Å². The fourth-order valence-electron chi connectivity index (χ4n) is 2.52. The number of fused-ring (bicyclic) bond motifs is 1. The SMILES string of the molecule is CCOC(=O)OC[C@@]1(F)O[C@@H](n2ccc(=O)[nH]c2=O)[C@@H]2OC(=O)O[C@@H]21. The van der Waals surface area contributed by atoms with Gasteiger partial charge in [0.1, 0.15) is 0 Å². The van der Waals surface area contributed by atoms with Crippen molar-refractivity contribution in [3.63, 3.8) is 0 Å². The number of aromatic amines is 1. The number of alkyl halides is 1. The van der Waals surface area contributed by atoms with Crippen LogP contribution in [0, 0.1) is 0 Å². The Bertz CT molecular complexity index is 805. The van der Waals surface area contributed by atoms with Crippen molar-refractivity contribution in [3.05, 3.63) is 33.1 Å². The van der Waals surface area contributed by atoms with Gasteiger partial charge in [0, 0.05) is 12.3 Å². The van der Waals surface area contributed by atoms with E-state index in [0.29, 0.717) is 0 Å². The van der Waals surface area contributed by atoms with Gasteiger partial charge in [-0.05, 0) is 6.92 Å². The average Bonchev–Trinajstić information content (AvgIpc) is 3.04. The Morgan fingerprint density at radius 2 is 2.12 bits per heavy atom. The van der Waals surface area contributed by atoms with Crippen LogP contribution in [-0.4, -0.2) is 53.1 Å². The highest BCUT2D eigenvalue weighted by Crippen LogP contribution is 2.44. The molecule has 136 valence electrons. The van der Waals surface area contributed by atoms with Gasteiger partial charge in [0.2, 0.25) is 6.10 Å². The molecule has 2 fully saturated rings. The largest absolute Gasteiger partial charge is 0.509 e. The molecular weight excluding hydrogens is 347 g/mol. The fourth-order valence-corrected chi connectivity index (χ4v) is 2.52. The van der Waals surface area contributed by atoms with E-state index in [1.54, 1.807) is 0 Å². The number of hydrogen-bond donors (Lipinski definition) is 1. The number of halogens is 1. The van der Waals surface area contributed by atoms with Crippen molar-refractivity contribution in [2.24, 2.45) is 0 Å². The Morgan fingerprint density at radius 1 is 1.36 bits per heavy atom. The van der Waals surface area contributed by atoms with Crippen molar-refractivity contribution in [2.75, 3.05) is 13.2 Å². The summed E-state index contributed by atoms with van der Waals surface area (Å²) in [6, 6.07) is 1.00. The third-order valence-corrected chi connectivity index (χ3v) is 3.55. The molecule has 0 amide bonds. The van der Waals surface area contributed by atoms with Gasteiger partial charge in [0.15, 0.2) is 18.9 Å². The molecule has 11 nitrogen and oxygen atoms in total. The van der Waals surface area contributed by atoms with Crippen LogP contribution in [0.25, 0.3) is 0 Å². The second kappa shape index (κ2) is 6.20. The van der Waals surface area contributed by atoms with Crippen molar-refractivity contribution in [1.29, 1.82) is 0 Å². The van der Waals surface area contributed by atoms with E-state index < -0.39 is 54.5 Å². The van der Waals surface area contributed by atoms with Gasteiger partial charge in [0.05, 0.1) is 6.61 Å². The van der Waals surface area contributed by atoms with Crippen molar-refractivity contribution >= 4 is 12.3 Å². The monoisotopic (exact) mass is 360 g/mol. The number of rotatable bonds is 4. The lowest BCUT2D eigenvalue weighted by atomic mass is 10.1. The molecule has 0 saturated carbocycles. The number of hydrogen-bond acceptors (Lipinski definition) is 9. The molecule has 1 aromatic rings. The number of nitrogens with one attached hydrogen (secondary N) is 1. The molecule has 3 rings (SSSR count). The molecule has 1 N–H and O–H groups in total. The molecule has 4 atom stereocenters. The molecule has 0 radical (unpaired) electrons. The van der Waals surface area contributed by atoms with Crippen LogP contribution in [-0.2, 0) is 23.7 Å². The lowest BCUT2D eigenvalue weighted by molar-refractivity contribution is -0.213. The fraction of sp³-hybridized carbons (Fsp3) is 0.538. The third-order valence-electron chi connectivity index (χ3n) is 3.55. The van der Waals surface area contributed by atoms with E-state index in [9.17, 15) is 19.2 Å². The van der Waals surface area contributed by atoms with Crippen molar-refractivity contribution in [3.8, 4) is 0 Å². The van der Waals surface area contributed by atoms with Crippen molar-refractivity contribution < 1.29 is 37.7 Å². The van der Waals surface area contributed by atoms with E-state index in [1.165, 1.54) is 6.92 Å². The van der Waals surface area contributed by atoms with E-state index in [-0.39, 0.29) is 6.61 Å². The Morgan fingerprint density at radius 3 is 2.80 bits per heavy atom. The van der Waals surface area contributed by atoms with Gasteiger partial charge in [-0.1, -0.05) is 0 Å². The van der Waals surface area contributed by atoms with E-state index >= 15 is 4.39 Å². The molecule has 0 spiro atoms. The van der Waals surface area contributed by atoms with E-state index in [2.05, 4.69) is 9.47 Å². The van der Waals surface area contributed by atoms with Crippen LogP contribution < -0.4 is 11.2 Å². The van der Waals surface area contributed by atoms with Gasteiger partial charge in [-0.25, -0.2) is 18.8 Å². The van der Waals surface area contributed by atoms with Crippen LogP contribution in [0.5, 0.6) is 0 Å². The predicted molar refractivity (Wildman–Crippen MR) is 73.4 cm³/mol. The topological polar surface area (TPSA) is 135 Å². The van der Waals surface area contributed by atoms with Crippen LogP contribution >= 0.6 is 0 Å². The van der Waals surface area contributed by atoms with Gasteiger partial charge in [-0.15, -0.1) is 0 Å². The predicted octanol–water partition coefficient (Wildman–Crippen LogP) is -0.192. The molecule has 0 bridgehead atoms. The van der Waals surface area contributed by atoms with Crippen LogP contribution in [0.4, 0.5) is 14.0 Å². The van der Waals surface area contributed by atoms with Crippen LogP contribution in [0.15, 0.2) is 21.9 Å². The standard InChI is InChI=1S/C13H13FN2O9/c1-2-21-11(19)22-5-13(14)8-7(23-12(20)24-8)9(25-13)16-4-3-6(17)15-10(16)18/h3-4,7-9H,2,5H2,1H3,(H,15,17,18)/t7-,8+,9-,13-/m1/s1. The highest BCUT2D eigenvalue weighted by molar-refractivity contribution is 5.63. The molecule has 0 aromatic carbocycles. The first-order valence-corrected chi connectivity index (χ1v) is 7.19. The molecule has 3 heterocycles. The number of H-pyrrole nitrogens is 1. The van der Waals surface area contributed by atoms with E-state index in [0.717, 1.165) is 16.8 Å². The molecule has 2 saturated heterocycles. The second-order valence-corrected chi connectivity index (χ2v) is 5.15. The molecule has 2 aliphatic heterocycles. The first-order chi connectivity index (χ1) is 11.8. The smallest absolute Gasteiger partial charge is 0.435 e. The Balaban J connectivity index is 1.87. The highest BCUT2D eigenvalue weighted by Gasteiger charge is 2.65. The highest BCUT2D eigenvalue weighted by atomic mass is 19.2. The molecule has 2 aliphatic rings. The first-order valence-electron chi connectivity index (χ1n) is 7.19. The minimum Gasteiger partial charge on any atom is -0.435 e. The molecular formula is C13H13FN2O9. The lowest BCUT2D eigenvalue weighted by Gasteiger charge is -2.23. The zero-order valence-electron chi connectivity index (χ0n) is 12.8. The summed E-state index contributed by atoms with van der Waals surface area (Å²) in [6.07, 6.45) is -5.61. The summed E-state index contributed by atoms with van der Waals surface area (Å²) in [5, 5.41) is 0. The molecule has 0 aliphatic carbocycles. The van der Waals surface area contributed by atoms with E-state index in [4.69, 9.17) is 14.2 Å². The second-order valence-electron chi connectivity index (χ2n) is 5.15. The summed E-state index contributed by atoms with van der Waals surface area (Å²) < 4.78 is 39.7. The van der Waals surface area contributed by atoms with Gasteiger partial charge < -0.3 is 23.7 Å². The molecule has 12 heteroatoms. The normalized spacial score (nSPS) is 30.3. The number of aromatic nitrogens is 2. The Hall–Kier alpha value is -2.89. The summed E-state index contributed by atoms with van der Waals surface area (Å²) in [4.78, 5) is 47.6. The van der Waals surface area contributed by atoms with E-state index in [1.807, 2.05) is 4.98 Å². The third kappa shape index (κ3) is 3.07. The molecule has 0 unspecified atom stereocenters. The average molecular weight is 360 g/mol. The van der Waals surface area contributed by atoms with Gasteiger partial charge in [0.25, 0.3) is 11.4 Å². The van der Waals surface area contributed by atoms with Gasteiger partial charge >= 0.3 is 18.0 Å². The Labute approximate surface area is 138 Å². The van der Waals surface area contributed by atoms with Crippen LogP contribution in [0.3, 0.4) is 0 Å². The molecule has 1 aromatic heterocycles. The first kappa shape index (κ1) is 17.0. The zero-order valence-corrected chi connectivity index (χ0v) is 12.8. The summed E-state index contributed by atoms with van der Waals surface area (Å²) >= 11 is 0. The Kier molecular flexibility index (Phi) is 4.20. The van der Waals surface area contributed by atoms with Crippen molar-refractivity contribution in [2.45, 2.75) is 31.2 Å². The van der Waals surface area contributed by atoms with Crippen LogP contribution in [0.2, 0.25) is 0 Å². The number of carbonyl (C=O) groups excluding carboxylic acids is 2. The van der Waals surface area contributed by atoms with Gasteiger partial charge in [-0.2, -0.15) is 0 Å². The number of nitrogens with zero attached hydrogens (tertiary/aromatic N) is 1. The summed E-state index contributed by atoms with van der Waals surface area (Å²) in [7, 11) is 0. The maximum atomic E-state index is 15.1. The minimum atomic E-state index is -2.77. The number of carbonyl (C=O) groups is 2. The summed E-state index contributed by atoms with van der Waals surface area (Å²) in [5.74, 6) is -2.77. The zero-order chi connectivity index (χ0) is 18.2. The minimum absolute atomic E-state index is 0.0124. The molecule has 25 heavy (non-hydrogen) atoms.